The number of nitrogens with zero attached hydrogens (tertiary/aromatic N) is 1. The minimum absolute atomic E-state index is 0.108. The lowest BCUT2D eigenvalue weighted by Crippen LogP contribution is -2.41. The topological polar surface area (TPSA) is 49.9 Å². The summed E-state index contributed by atoms with van der Waals surface area (Å²) in [6.07, 6.45) is 9.08. The van der Waals surface area contributed by atoms with Gasteiger partial charge in [-0.3, -0.25) is 4.98 Å². The number of H-pyrrole nitrogens is 1. The number of benzene rings is 1. The van der Waals surface area contributed by atoms with Gasteiger partial charge in [0.05, 0.1) is 12.2 Å². The fourth-order valence-corrected chi connectivity index (χ4v) is 4.63. The van der Waals surface area contributed by atoms with Gasteiger partial charge in [-0.1, -0.05) is 18.2 Å². The van der Waals surface area contributed by atoms with E-state index in [1.165, 1.54) is 22.2 Å². The lowest BCUT2D eigenvalue weighted by Gasteiger charge is -2.43. The van der Waals surface area contributed by atoms with E-state index in [2.05, 4.69) is 39.6 Å². The highest BCUT2D eigenvalue weighted by Gasteiger charge is 2.43. The van der Waals surface area contributed by atoms with E-state index in [4.69, 9.17) is 4.74 Å². The van der Waals surface area contributed by atoms with Crippen LogP contribution in [-0.2, 0) is 16.8 Å². The van der Waals surface area contributed by atoms with Gasteiger partial charge in [-0.2, -0.15) is 0 Å². The Bertz CT molecular complexity index is 879. The van der Waals surface area contributed by atoms with E-state index in [1.807, 2.05) is 24.5 Å². The summed E-state index contributed by atoms with van der Waals surface area (Å²) in [6, 6.07) is 13.2. The molecule has 0 amide bonds. The number of nitrogens with one attached hydrogen (secondary N) is 2. The number of rotatable bonds is 2. The number of ether oxygens (including phenoxy) is 1. The molecule has 25 heavy (non-hydrogen) atoms. The summed E-state index contributed by atoms with van der Waals surface area (Å²) in [4.78, 5) is 7.73. The zero-order chi connectivity index (χ0) is 16.7. The van der Waals surface area contributed by atoms with E-state index in [-0.39, 0.29) is 5.60 Å². The molecule has 2 aromatic heterocycles. The Morgan fingerprint density at radius 1 is 1.08 bits per heavy atom. The van der Waals surface area contributed by atoms with Crippen molar-refractivity contribution in [2.75, 3.05) is 11.9 Å². The van der Waals surface area contributed by atoms with Crippen LogP contribution in [0.25, 0.3) is 10.9 Å². The second-order valence-electron chi connectivity index (χ2n) is 7.27. The first-order chi connectivity index (χ1) is 12.3. The van der Waals surface area contributed by atoms with Gasteiger partial charge in [-0.05, 0) is 43.9 Å². The monoisotopic (exact) mass is 333 g/mol. The van der Waals surface area contributed by atoms with Gasteiger partial charge in [0.25, 0.3) is 0 Å². The van der Waals surface area contributed by atoms with Gasteiger partial charge in [0.1, 0.15) is 0 Å². The van der Waals surface area contributed by atoms with Crippen molar-refractivity contribution in [2.45, 2.75) is 43.7 Å². The summed E-state index contributed by atoms with van der Waals surface area (Å²) in [7, 11) is 0. The number of anilines is 1. The second-order valence-corrected chi connectivity index (χ2v) is 7.27. The molecule has 0 atom stereocenters. The van der Waals surface area contributed by atoms with Gasteiger partial charge in [0.2, 0.25) is 0 Å². The normalized spacial score (nSPS) is 25.8. The molecule has 128 valence electrons. The summed E-state index contributed by atoms with van der Waals surface area (Å²) in [5.41, 5.74) is 5.11. The van der Waals surface area contributed by atoms with Gasteiger partial charge in [0, 0.05) is 52.7 Å². The van der Waals surface area contributed by atoms with Crippen LogP contribution in [0.2, 0.25) is 0 Å². The fourth-order valence-electron chi connectivity index (χ4n) is 4.63. The Balaban J connectivity index is 1.42. The minimum atomic E-state index is -0.108. The molecule has 1 fully saturated rings. The van der Waals surface area contributed by atoms with Crippen molar-refractivity contribution in [3.05, 3.63) is 60.0 Å². The number of aromatic amines is 1. The maximum Gasteiger partial charge on any atom is 0.0956 e. The molecule has 0 saturated heterocycles. The Labute approximate surface area is 147 Å². The van der Waals surface area contributed by atoms with Crippen LogP contribution < -0.4 is 5.32 Å². The SMILES string of the molecule is c1ccc2c3c([nH]c2c1)CCOC31CCC(Nc2ccncc2)CC1. The summed E-state index contributed by atoms with van der Waals surface area (Å²) in [6.45, 7) is 0.822. The van der Waals surface area contributed by atoms with Gasteiger partial charge in [-0.15, -0.1) is 0 Å². The zero-order valence-electron chi connectivity index (χ0n) is 14.3. The first-order valence-electron chi connectivity index (χ1n) is 9.25. The van der Waals surface area contributed by atoms with Gasteiger partial charge < -0.3 is 15.0 Å². The quantitative estimate of drug-likeness (QED) is 0.731. The van der Waals surface area contributed by atoms with E-state index < -0.39 is 0 Å². The molecular formula is C21H23N3O. The lowest BCUT2D eigenvalue weighted by atomic mass is 9.75. The van der Waals surface area contributed by atoms with Crippen molar-refractivity contribution < 1.29 is 4.74 Å². The zero-order valence-corrected chi connectivity index (χ0v) is 14.3. The molecule has 1 aliphatic heterocycles. The average Bonchev–Trinajstić information content (AvgIpc) is 3.05. The molecule has 1 aliphatic carbocycles. The van der Waals surface area contributed by atoms with Crippen LogP contribution in [-0.4, -0.2) is 22.6 Å². The van der Waals surface area contributed by atoms with Crippen molar-refractivity contribution in [1.82, 2.24) is 9.97 Å². The average molecular weight is 333 g/mol. The third-order valence-corrected chi connectivity index (χ3v) is 5.81. The van der Waals surface area contributed by atoms with Crippen LogP contribution in [0.15, 0.2) is 48.8 Å². The molecule has 5 rings (SSSR count). The molecule has 4 heteroatoms. The Hall–Kier alpha value is -2.33. The molecule has 1 aromatic carbocycles. The third kappa shape index (κ3) is 2.52. The second kappa shape index (κ2) is 5.88. The first kappa shape index (κ1) is 15.0. The van der Waals surface area contributed by atoms with E-state index in [9.17, 15) is 0 Å². The number of hydrogen-bond donors (Lipinski definition) is 2. The van der Waals surface area contributed by atoms with Crippen molar-refractivity contribution in [3.63, 3.8) is 0 Å². The molecule has 1 spiro atoms. The largest absolute Gasteiger partial charge is 0.382 e. The highest BCUT2D eigenvalue weighted by atomic mass is 16.5. The molecular weight excluding hydrogens is 310 g/mol. The summed E-state index contributed by atoms with van der Waals surface area (Å²) < 4.78 is 6.44. The Kier molecular flexibility index (Phi) is 3.52. The molecule has 3 aromatic rings. The number of hydrogen-bond acceptors (Lipinski definition) is 3. The van der Waals surface area contributed by atoms with Crippen LogP contribution in [0.5, 0.6) is 0 Å². The molecule has 1 saturated carbocycles. The van der Waals surface area contributed by atoms with Crippen LogP contribution in [0, 0.1) is 0 Å². The van der Waals surface area contributed by atoms with E-state index >= 15 is 0 Å². The summed E-state index contributed by atoms with van der Waals surface area (Å²) in [5, 5.41) is 5.00. The summed E-state index contributed by atoms with van der Waals surface area (Å²) in [5.74, 6) is 0. The molecule has 2 aliphatic rings. The Morgan fingerprint density at radius 2 is 1.88 bits per heavy atom. The fraction of sp³-hybridized carbons (Fsp3) is 0.381. The van der Waals surface area contributed by atoms with Crippen LogP contribution in [0.3, 0.4) is 0 Å². The van der Waals surface area contributed by atoms with E-state index in [1.54, 1.807) is 0 Å². The molecule has 0 unspecified atom stereocenters. The number of pyridine rings is 1. The molecule has 2 N–H and O–H groups in total. The van der Waals surface area contributed by atoms with Crippen LogP contribution in [0.1, 0.15) is 36.9 Å². The maximum absolute atomic E-state index is 6.44. The van der Waals surface area contributed by atoms with Crippen molar-refractivity contribution in [2.24, 2.45) is 0 Å². The van der Waals surface area contributed by atoms with E-state index in [0.29, 0.717) is 6.04 Å². The standard InChI is InChI=1S/C21H23N3O/c1-2-4-18-17(3-1)20-19(24-18)9-14-25-21(20)10-5-15(6-11-21)23-16-7-12-22-13-8-16/h1-4,7-8,12-13,15,24H,5-6,9-11,14H2,(H,22,23). The summed E-state index contributed by atoms with van der Waals surface area (Å²) >= 11 is 0. The smallest absolute Gasteiger partial charge is 0.0956 e. The van der Waals surface area contributed by atoms with Crippen LogP contribution >= 0.6 is 0 Å². The molecule has 4 nitrogen and oxygen atoms in total. The lowest BCUT2D eigenvalue weighted by molar-refractivity contribution is -0.0854. The highest BCUT2D eigenvalue weighted by Crippen LogP contribution is 2.47. The van der Waals surface area contributed by atoms with Crippen molar-refractivity contribution in [3.8, 4) is 0 Å². The van der Waals surface area contributed by atoms with Crippen molar-refractivity contribution in [1.29, 1.82) is 0 Å². The number of fused-ring (bicyclic) bond motifs is 4. The van der Waals surface area contributed by atoms with Gasteiger partial charge in [0.15, 0.2) is 0 Å². The number of para-hydroxylation sites is 1. The predicted octanol–water partition coefficient (Wildman–Crippen LogP) is 4.39. The van der Waals surface area contributed by atoms with E-state index in [0.717, 1.165) is 44.4 Å². The predicted molar refractivity (Wildman–Crippen MR) is 99.7 cm³/mol. The molecule has 0 radical (unpaired) electrons. The maximum atomic E-state index is 6.44. The minimum Gasteiger partial charge on any atom is -0.382 e. The van der Waals surface area contributed by atoms with Crippen LogP contribution in [0.4, 0.5) is 5.69 Å². The third-order valence-electron chi connectivity index (χ3n) is 5.81. The molecule has 3 heterocycles. The number of aromatic nitrogens is 2. The van der Waals surface area contributed by atoms with Gasteiger partial charge >= 0.3 is 0 Å². The Morgan fingerprint density at radius 3 is 2.72 bits per heavy atom. The first-order valence-corrected chi connectivity index (χ1v) is 9.25. The highest BCUT2D eigenvalue weighted by molar-refractivity contribution is 5.86. The molecule has 0 bridgehead atoms. The van der Waals surface area contributed by atoms with Crippen molar-refractivity contribution >= 4 is 16.6 Å². The van der Waals surface area contributed by atoms with Gasteiger partial charge in [-0.25, -0.2) is 0 Å².